The molecule has 1 fully saturated rings. The molecule has 3 rings (SSSR count). The minimum Gasteiger partial charge on any atom is -0.366 e. The summed E-state index contributed by atoms with van der Waals surface area (Å²) in [7, 11) is 3.93. The lowest BCUT2D eigenvalue weighted by atomic mass is 9.99. The van der Waals surface area contributed by atoms with E-state index in [0.29, 0.717) is 21.2 Å². The lowest BCUT2D eigenvalue weighted by molar-refractivity contribution is 0.1000. The highest BCUT2D eigenvalue weighted by molar-refractivity contribution is 6.44. The van der Waals surface area contributed by atoms with Crippen LogP contribution in [0.1, 0.15) is 41.7 Å². The van der Waals surface area contributed by atoms with Gasteiger partial charge in [-0.25, -0.2) is 4.79 Å². The number of carbonyl (C=O) groups is 2. The van der Waals surface area contributed by atoms with Gasteiger partial charge >= 0.3 is 6.03 Å². The molecule has 8 heteroatoms. The smallest absolute Gasteiger partial charge is 0.317 e. The van der Waals surface area contributed by atoms with E-state index in [4.69, 9.17) is 28.9 Å². The number of hydrogen-bond acceptors (Lipinski definition) is 3. The fraction of sp³-hybridized carbons (Fsp3) is 0.391. The summed E-state index contributed by atoms with van der Waals surface area (Å²) in [6.07, 6.45) is 1.92. The summed E-state index contributed by atoms with van der Waals surface area (Å²) in [5.74, 6) is -0.509. The van der Waals surface area contributed by atoms with Crippen molar-refractivity contribution in [2.24, 2.45) is 5.73 Å². The van der Waals surface area contributed by atoms with Gasteiger partial charge < -0.3 is 20.9 Å². The van der Waals surface area contributed by atoms with Crippen molar-refractivity contribution in [3.63, 3.8) is 0 Å². The number of amides is 3. The van der Waals surface area contributed by atoms with Crippen LogP contribution in [-0.4, -0.2) is 55.0 Å². The molecule has 1 aliphatic rings. The second-order valence-electron chi connectivity index (χ2n) is 8.09. The maximum Gasteiger partial charge on any atom is 0.317 e. The summed E-state index contributed by atoms with van der Waals surface area (Å²) in [4.78, 5) is 28.3. The molecule has 2 aromatic carbocycles. The summed E-state index contributed by atoms with van der Waals surface area (Å²) in [6, 6.07) is 10.4. The van der Waals surface area contributed by atoms with Gasteiger partial charge in [-0.1, -0.05) is 47.5 Å². The predicted octanol–water partition coefficient (Wildman–Crippen LogP) is 4.56. The number of nitrogens with zero attached hydrogens (tertiary/aromatic N) is 2. The van der Waals surface area contributed by atoms with Gasteiger partial charge in [0.05, 0.1) is 16.1 Å². The maximum atomic E-state index is 12.8. The molecule has 0 bridgehead atoms. The van der Waals surface area contributed by atoms with Crippen LogP contribution in [0.25, 0.3) is 11.1 Å². The van der Waals surface area contributed by atoms with Gasteiger partial charge in [-0.3, -0.25) is 4.79 Å². The van der Waals surface area contributed by atoms with E-state index in [1.165, 1.54) is 0 Å². The SMILES string of the molecule is CC(NC(=O)N(C)C1CCN(C)CC1)c1ccc(-c2cccc(C(N)=O)c2)c(Cl)c1Cl. The maximum absolute atomic E-state index is 12.8. The lowest BCUT2D eigenvalue weighted by Crippen LogP contribution is -2.48. The Bertz CT molecular complexity index is 974. The third-order valence-electron chi connectivity index (χ3n) is 5.93. The molecule has 3 N–H and O–H groups in total. The zero-order valence-electron chi connectivity index (χ0n) is 18.0. The van der Waals surface area contributed by atoms with Gasteiger partial charge in [0, 0.05) is 24.2 Å². The average molecular weight is 463 g/mol. The first-order valence-corrected chi connectivity index (χ1v) is 11.0. The quantitative estimate of drug-likeness (QED) is 0.683. The number of nitrogens with one attached hydrogen (secondary N) is 1. The van der Waals surface area contributed by atoms with Gasteiger partial charge in [0.15, 0.2) is 0 Å². The molecule has 6 nitrogen and oxygen atoms in total. The zero-order chi connectivity index (χ0) is 22.7. The molecule has 31 heavy (non-hydrogen) atoms. The normalized spacial score (nSPS) is 16.0. The number of halogens is 2. The van der Waals surface area contributed by atoms with Crippen molar-refractivity contribution in [3.05, 3.63) is 57.6 Å². The topological polar surface area (TPSA) is 78.7 Å². The van der Waals surface area contributed by atoms with Crippen molar-refractivity contribution in [3.8, 4) is 11.1 Å². The largest absolute Gasteiger partial charge is 0.366 e. The van der Waals surface area contributed by atoms with Crippen molar-refractivity contribution >= 4 is 35.1 Å². The van der Waals surface area contributed by atoms with Crippen LogP contribution >= 0.6 is 23.2 Å². The fourth-order valence-electron chi connectivity index (χ4n) is 3.87. The van der Waals surface area contributed by atoms with Crippen molar-refractivity contribution in [2.45, 2.75) is 31.8 Å². The van der Waals surface area contributed by atoms with Crippen LogP contribution in [0.5, 0.6) is 0 Å². The Labute approximate surface area is 193 Å². The molecule has 0 spiro atoms. The van der Waals surface area contributed by atoms with Gasteiger partial charge in [0.25, 0.3) is 0 Å². The van der Waals surface area contributed by atoms with Gasteiger partial charge in [-0.15, -0.1) is 0 Å². The summed E-state index contributed by atoms with van der Waals surface area (Å²) in [5, 5.41) is 3.76. The zero-order valence-corrected chi connectivity index (χ0v) is 19.5. The molecule has 1 saturated heterocycles. The first-order chi connectivity index (χ1) is 14.7. The van der Waals surface area contributed by atoms with E-state index in [1.807, 2.05) is 32.2 Å². The minimum absolute atomic E-state index is 0.132. The predicted molar refractivity (Wildman–Crippen MR) is 126 cm³/mol. The van der Waals surface area contributed by atoms with Crippen molar-refractivity contribution in [2.75, 3.05) is 27.2 Å². The van der Waals surface area contributed by atoms with Gasteiger partial charge in [-0.2, -0.15) is 0 Å². The van der Waals surface area contributed by atoms with Crippen LogP contribution in [0.4, 0.5) is 4.79 Å². The molecule has 1 aliphatic heterocycles. The fourth-order valence-corrected chi connectivity index (χ4v) is 4.48. The van der Waals surface area contributed by atoms with Gasteiger partial charge in [-0.05, 0) is 63.2 Å². The van der Waals surface area contributed by atoms with Crippen molar-refractivity contribution in [1.82, 2.24) is 15.1 Å². The van der Waals surface area contributed by atoms with E-state index in [2.05, 4.69) is 17.3 Å². The first kappa shape index (κ1) is 23.4. The number of urea groups is 1. The van der Waals surface area contributed by atoms with Crippen LogP contribution in [-0.2, 0) is 0 Å². The second-order valence-corrected chi connectivity index (χ2v) is 8.85. The number of likely N-dealkylation sites (tertiary alicyclic amines) is 1. The number of rotatable bonds is 5. The first-order valence-electron chi connectivity index (χ1n) is 10.3. The number of hydrogen-bond donors (Lipinski definition) is 2. The number of nitrogens with two attached hydrogens (primary N) is 1. The summed E-state index contributed by atoms with van der Waals surface area (Å²) in [6.45, 7) is 3.85. The summed E-state index contributed by atoms with van der Waals surface area (Å²) >= 11 is 13.1. The monoisotopic (exact) mass is 462 g/mol. The van der Waals surface area contributed by atoms with E-state index < -0.39 is 5.91 Å². The Balaban J connectivity index is 1.75. The Morgan fingerprint density at radius 1 is 1.16 bits per heavy atom. The lowest BCUT2D eigenvalue weighted by Gasteiger charge is -2.35. The summed E-state index contributed by atoms with van der Waals surface area (Å²) in [5.41, 5.74) is 7.94. The molecule has 1 heterocycles. The van der Waals surface area contributed by atoms with Crippen LogP contribution < -0.4 is 11.1 Å². The molecular weight excluding hydrogens is 435 g/mol. The van der Waals surface area contributed by atoms with E-state index >= 15 is 0 Å². The van der Waals surface area contributed by atoms with E-state index in [0.717, 1.165) is 37.1 Å². The van der Waals surface area contributed by atoms with E-state index in [9.17, 15) is 9.59 Å². The Morgan fingerprint density at radius 3 is 2.48 bits per heavy atom. The standard InChI is InChI=1S/C23H28Cl2N4O2/c1-14(27-23(31)29(3)17-9-11-28(2)12-10-17)18-7-8-19(21(25)20(18)24)15-5-4-6-16(13-15)22(26)30/h4-8,13-14,17H,9-12H2,1-3H3,(H2,26,30)(H,27,31). The van der Waals surface area contributed by atoms with Crippen LogP contribution in [0.3, 0.4) is 0 Å². The third-order valence-corrected chi connectivity index (χ3v) is 6.83. The van der Waals surface area contributed by atoms with Crippen LogP contribution in [0.15, 0.2) is 36.4 Å². The number of carbonyl (C=O) groups excluding carboxylic acids is 2. The highest BCUT2D eigenvalue weighted by Gasteiger charge is 2.25. The Kier molecular flexibility index (Phi) is 7.46. The third kappa shape index (κ3) is 5.32. The Hall–Kier alpha value is -2.28. The molecule has 2 aromatic rings. The van der Waals surface area contributed by atoms with Crippen molar-refractivity contribution in [1.29, 1.82) is 0 Å². The molecule has 0 aliphatic carbocycles. The minimum atomic E-state index is -0.509. The Morgan fingerprint density at radius 2 is 1.84 bits per heavy atom. The average Bonchev–Trinajstić information content (AvgIpc) is 2.75. The molecule has 3 amide bonds. The molecule has 166 valence electrons. The molecule has 0 radical (unpaired) electrons. The number of piperidine rings is 1. The summed E-state index contributed by atoms with van der Waals surface area (Å²) < 4.78 is 0. The van der Waals surface area contributed by atoms with E-state index in [-0.39, 0.29) is 18.1 Å². The molecule has 0 aromatic heterocycles. The van der Waals surface area contributed by atoms with Crippen molar-refractivity contribution < 1.29 is 9.59 Å². The van der Waals surface area contributed by atoms with Gasteiger partial charge in [0.1, 0.15) is 0 Å². The highest BCUT2D eigenvalue weighted by Crippen LogP contribution is 2.38. The van der Waals surface area contributed by atoms with Crippen LogP contribution in [0, 0.1) is 0 Å². The molecular formula is C23H28Cl2N4O2. The number of primary amides is 1. The van der Waals surface area contributed by atoms with Gasteiger partial charge in [0.2, 0.25) is 5.91 Å². The second kappa shape index (κ2) is 9.90. The molecule has 1 unspecified atom stereocenters. The molecule has 0 saturated carbocycles. The van der Waals surface area contributed by atoms with E-state index in [1.54, 1.807) is 23.1 Å². The molecule has 1 atom stereocenters. The number of benzene rings is 2. The highest BCUT2D eigenvalue weighted by atomic mass is 35.5. The van der Waals surface area contributed by atoms with Crippen LogP contribution in [0.2, 0.25) is 10.0 Å².